The molecule has 13 heavy (non-hydrogen) atoms. The van der Waals surface area contributed by atoms with Crippen LogP contribution in [0, 0.1) is 0 Å². The largest absolute Gasteiger partial charge is 0.328 e. The summed E-state index contributed by atoms with van der Waals surface area (Å²) in [4.78, 5) is 2.61. The fourth-order valence-corrected chi connectivity index (χ4v) is 2.90. The van der Waals surface area contributed by atoms with Gasteiger partial charge in [0, 0.05) is 24.2 Å². The maximum Gasteiger partial charge on any atom is 0.0328 e. The van der Waals surface area contributed by atoms with Crippen LogP contribution in [-0.4, -0.2) is 29.1 Å². The monoisotopic (exact) mass is 180 g/mol. The van der Waals surface area contributed by atoms with Crippen LogP contribution in [0.1, 0.15) is 33.6 Å². The van der Waals surface area contributed by atoms with E-state index < -0.39 is 0 Å². The summed E-state index contributed by atoms with van der Waals surface area (Å²) in [7, 11) is 0. The van der Waals surface area contributed by atoms with Gasteiger partial charge in [-0.3, -0.25) is 4.90 Å². The first kappa shape index (κ1) is 9.22. The quantitative estimate of drug-likeness (QED) is 0.620. The van der Waals surface area contributed by atoms with Gasteiger partial charge >= 0.3 is 0 Å². The van der Waals surface area contributed by atoms with E-state index in [0.29, 0.717) is 24.2 Å². The van der Waals surface area contributed by atoms with Crippen molar-refractivity contribution in [3.8, 4) is 0 Å². The van der Waals surface area contributed by atoms with E-state index in [1.54, 1.807) is 0 Å². The van der Waals surface area contributed by atoms with Crippen LogP contribution in [0.5, 0.6) is 0 Å². The summed E-state index contributed by atoms with van der Waals surface area (Å²) in [6.45, 7) is 6.81. The SMILES string of the molecule is CC1=C[C@@H]2C[C@@H](N)C[C@H]1N2C(C)C. The Bertz CT molecular complexity index is 232. The van der Waals surface area contributed by atoms with Gasteiger partial charge in [0.2, 0.25) is 0 Å². The van der Waals surface area contributed by atoms with Gasteiger partial charge in [-0.15, -0.1) is 0 Å². The summed E-state index contributed by atoms with van der Waals surface area (Å²) in [6.07, 6.45) is 4.71. The topological polar surface area (TPSA) is 29.3 Å². The number of piperidine rings is 1. The molecular weight excluding hydrogens is 160 g/mol. The standard InChI is InChI=1S/C11H20N2/c1-7(2)13-10-4-8(3)11(13)6-9(12)5-10/h4,7,9-11H,5-6,12H2,1-3H3/t9-,10-,11-/m1/s1. The highest BCUT2D eigenvalue weighted by Gasteiger charge is 2.39. The molecule has 0 aromatic carbocycles. The van der Waals surface area contributed by atoms with Crippen LogP contribution < -0.4 is 5.73 Å². The van der Waals surface area contributed by atoms with Crippen molar-refractivity contribution < 1.29 is 0 Å². The van der Waals surface area contributed by atoms with Crippen molar-refractivity contribution >= 4 is 0 Å². The van der Waals surface area contributed by atoms with Crippen molar-refractivity contribution in [3.05, 3.63) is 11.6 Å². The molecule has 2 nitrogen and oxygen atoms in total. The summed E-state index contributed by atoms with van der Waals surface area (Å²) in [5.74, 6) is 0. The van der Waals surface area contributed by atoms with Crippen molar-refractivity contribution in [3.63, 3.8) is 0 Å². The Morgan fingerprint density at radius 1 is 1.46 bits per heavy atom. The minimum absolute atomic E-state index is 0.415. The highest BCUT2D eigenvalue weighted by Crippen LogP contribution is 2.35. The number of hydrogen-bond acceptors (Lipinski definition) is 2. The molecule has 0 aliphatic carbocycles. The van der Waals surface area contributed by atoms with Crippen LogP contribution >= 0.6 is 0 Å². The Kier molecular flexibility index (Phi) is 2.20. The molecule has 74 valence electrons. The first-order valence-corrected chi connectivity index (χ1v) is 5.31. The van der Waals surface area contributed by atoms with Gasteiger partial charge in [-0.1, -0.05) is 11.6 Å². The molecule has 0 saturated carbocycles. The zero-order valence-corrected chi connectivity index (χ0v) is 8.83. The van der Waals surface area contributed by atoms with E-state index in [4.69, 9.17) is 5.73 Å². The van der Waals surface area contributed by atoms with E-state index >= 15 is 0 Å². The molecule has 2 heterocycles. The molecule has 2 heteroatoms. The Morgan fingerprint density at radius 3 is 2.69 bits per heavy atom. The molecule has 0 aromatic heterocycles. The summed E-state index contributed by atoms with van der Waals surface area (Å²) in [6, 6.07) is 2.32. The molecule has 1 fully saturated rings. The van der Waals surface area contributed by atoms with E-state index in [2.05, 4.69) is 31.7 Å². The van der Waals surface area contributed by atoms with Gasteiger partial charge in [0.15, 0.2) is 0 Å². The molecule has 2 N–H and O–H groups in total. The predicted octanol–water partition coefficient (Wildman–Crippen LogP) is 1.51. The first-order chi connectivity index (χ1) is 6.09. The van der Waals surface area contributed by atoms with E-state index in [0.717, 1.165) is 12.8 Å². The lowest BCUT2D eigenvalue weighted by Crippen LogP contribution is -2.51. The van der Waals surface area contributed by atoms with Crippen molar-refractivity contribution in [1.29, 1.82) is 0 Å². The Labute approximate surface area is 80.8 Å². The number of rotatable bonds is 1. The molecule has 0 radical (unpaired) electrons. The van der Waals surface area contributed by atoms with Crippen molar-refractivity contribution in [2.24, 2.45) is 5.73 Å². The molecule has 0 aromatic rings. The van der Waals surface area contributed by atoms with E-state index in [-0.39, 0.29) is 0 Å². The summed E-state index contributed by atoms with van der Waals surface area (Å²) >= 11 is 0. The summed E-state index contributed by atoms with van der Waals surface area (Å²) < 4.78 is 0. The van der Waals surface area contributed by atoms with Gasteiger partial charge in [-0.25, -0.2) is 0 Å². The maximum absolute atomic E-state index is 6.02. The molecule has 2 aliphatic rings. The fraction of sp³-hybridized carbons (Fsp3) is 0.818. The molecular formula is C11H20N2. The van der Waals surface area contributed by atoms with E-state index in [9.17, 15) is 0 Å². The molecule has 3 atom stereocenters. The van der Waals surface area contributed by atoms with Crippen LogP contribution in [0.25, 0.3) is 0 Å². The second-order valence-electron chi connectivity index (χ2n) is 4.77. The Balaban J connectivity index is 2.20. The number of hydrogen-bond donors (Lipinski definition) is 1. The van der Waals surface area contributed by atoms with Crippen molar-refractivity contribution in [2.75, 3.05) is 0 Å². The van der Waals surface area contributed by atoms with Gasteiger partial charge in [0.25, 0.3) is 0 Å². The molecule has 0 unspecified atom stereocenters. The second kappa shape index (κ2) is 3.10. The Hall–Kier alpha value is -0.340. The lowest BCUT2D eigenvalue weighted by atomic mass is 9.94. The zero-order valence-electron chi connectivity index (χ0n) is 8.83. The third-order valence-corrected chi connectivity index (χ3v) is 3.39. The molecule has 2 bridgehead atoms. The van der Waals surface area contributed by atoms with Crippen molar-refractivity contribution in [2.45, 2.75) is 57.8 Å². The van der Waals surface area contributed by atoms with Gasteiger partial charge in [-0.2, -0.15) is 0 Å². The number of fused-ring (bicyclic) bond motifs is 2. The second-order valence-corrected chi connectivity index (χ2v) is 4.77. The van der Waals surface area contributed by atoms with Crippen LogP contribution in [0.2, 0.25) is 0 Å². The zero-order chi connectivity index (χ0) is 9.59. The molecule has 0 amide bonds. The van der Waals surface area contributed by atoms with E-state index in [1.807, 2.05) is 0 Å². The van der Waals surface area contributed by atoms with Crippen LogP contribution in [0.15, 0.2) is 11.6 Å². The summed E-state index contributed by atoms with van der Waals surface area (Å²) in [5.41, 5.74) is 7.55. The van der Waals surface area contributed by atoms with Gasteiger partial charge in [0.05, 0.1) is 0 Å². The molecule has 1 saturated heterocycles. The average Bonchev–Trinajstić information content (AvgIpc) is 2.21. The van der Waals surface area contributed by atoms with Gasteiger partial charge in [0.1, 0.15) is 0 Å². The van der Waals surface area contributed by atoms with E-state index in [1.165, 1.54) is 5.57 Å². The molecule has 2 aliphatic heterocycles. The molecule has 2 rings (SSSR count). The van der Waals surface area contributed by atoms with Crippen LogP contribution in [0.4, 0.5) is 0 Å². The van der Waals surface area contributed by atoms with Crippen molar-refractivity contribution in [1.82, 2.24) is 4.90 Å². The number of nitrogens with zero attached hydrogens (tertiary/aromatic N) is 1. The normalized spacial score (nSPS) is 39.8. The minimum atomic E-state index is 0.415. The lowest BCUT2D eigenvalue weighted by Gasteiger charge is -2.41. The minimum Gasteiger partial charge on any atom is -0.328 e. The fourth-order valence-electron chi connectivity index (χ4n) is 2.90. The summed E-state index contributed by atoms with van der Waals surface area (Å²) in [5, 5.41) is 0. The van der Waals surface area contributed by atoms with Gasteiger partial charge < -0.3 is 5.73 Å². The van der Waals surface area contributed by atoms with Gasteiger partial charge in [-0.05, 0) is 33.6 Å². The third kappa shape index (κ3) is 1.42. The van der Waals surface area contributed by atoms with Crippen LogP contribution in [-0.2, 0) is 0 Å². The van der Waals surface area contributed by atoms with Crippen LogP contribution in [0.3, 0.4) is 0 Å². The maximum atomic E-state index is 6.02. The third-order valence-electron chi connectivity index (χ3n) is 3.39. The Morgan fingerprint density at radius 2 is 2.15 bits per heavy atom. The lowest BCUT2D eigenvalue weighted by molar-refractivity contribution is 0.104. The number of nitrogens with two attached hydrogens (primary N) is 1. The predicted molar refractivity (Wildman–Crippen MR) is 55.5 cm³/mol. The highest BCUT2D eigenvalue weighted by atomic mass is 15.2. The molecule has 0 spiro atoms. The smallest absolute Gasteiger partial charge is 0.0328 e. The average molecular weight is 180 g/mol. The first-order valence-electron chi connectivity index (χ1n) is 5.31. The highest BCUT2D eigenvalue weighted by molar-refractivity contribution is 5.24.